The molecule has 0 heterocycles. The van der Waals surface area contributed by atoms with Gasteiger partial charge in [0.2, 0.25) is 0 Å². The third kappa shape index (κ3) is 4.71. The largest absolute Gasteiger partial charge is 0.458 e. The maximum atomic E-state index is 11.6. The van der Waals surface area contributed by atoms with Gasteiger partial charge in [-0.05, 0) is 29.3 Å². The van der Waals surface area contributed by atoms with Crippen molar-refractivity contribution in [3.63, 3.8) is 0 Å². The first-order chi connectivity index (χ1) is 10.5. The smallest absolute Gasteiger partial charge is 0.331 e. The molecule has 2 rings (SSSR count). The highest BCUT2D eigenvalue weighted by Gasteiger charge is 2.06. The fraction of sp³-hybridized carbons (Fsp3) is 0.0625. The maximum Gasteiger partial charge on any atom is 0.331 e. The molecule has 0 saturated heterocycles. The molecule has 0 aromatic heterocycles. The van der Waals surface area contributed by atoms with E-state index < -0.39 is 10.9 Å². The molecule has 0 aliphatic carbocycles. The molecule has 5 nitrogen and oxygen atoms in total. The van der Waals surface area contributed by atoms with Crippen LogP contribution in [0.1, 0.15) is 11.1 Å². The second kappa shape index (κ2) is 7.38. The molecule has 2 aromatic carbocycles. The van der Waals surface area contributed by atoms with Crippen LogP contribution in [0.2, 0.25) is 5.02 Å². The Morgan fingerprint density at radius 2 is 2.00 bits per heavy atom. The van der Waals surface area contributed by atoms with E-state index in [1.807, 2.05) is 0 Å². The van der Waals surface area contributed by atoms with Crippen LogP contribution < -0.4 is 0 Å². The van der Waals surface area contributed by atoms with Crippen LogP contribution in [0, 0.1) is 10.1 Å². The molecule has 22 heavy (non-hydrogen) atoms. The van der Waals surface area contributed by atoms with Crippen molar-refractivity contribution >= 4 is 29.3 Å². The van der Waals surface area contributed by atoms with Crippen molar-refractivity contribution in [1.29, 1.82) is 0 Å². The zero-order valence-electron chi connectivity index (χ0n) is 11.4. The number of nitro benzene ring substituents is 1. The summed E-state index contributed by atoms with van der Waals surface area (Å²) in [4.78, 5) is 21.8. The van der Waals surface area contributed by atoms with Gasteiger partial charge in [-0.2, -0.15) is 0 Å². The number of carbonyl (C=O) groups is 1. The Morgan fingerprint density at radius 1 is 1.23 bits per heavy atom. The molecule has 0 saturated carbocycles. The lowest BCUT2D eigenvalue weighted by Crippen LogP contribution is -2.01. The molecule has 2 aromatic rings. The van der Waals surface area contributed by atoms with Gasteiger partial charge in [0.25, 0.3) is 5.69 Å². The third-order valence-electron chi connectivity index (χ3n) is 2.76. The Morgan fingerprint density at radius 3 is 2.73 bits per heavy atom. The molecule has 0 aliphatic rings. The van der Waals surface area contributed by atoms with E-state index in [-0.39, 0.29) is 12.3 Å². The van der Waals surface area contributed by atoms with Gasteiger partial charge >= 0.3 is 5.97 Å². The standard InChI is InChI=1S/C16H12ClNO4/c17-14-5-1-3-12(9-14)7-8-16(19)22-11-13-4-2-6-15(10-13)18(20)21/h1-10H,11H2/b8-7+. The van der Waals surface area contributed by atoms with Crippen molar-refractivity contribution < 1.29 is 14.5 Å². The summed E-state index contributed by atoms with van der Waals surface area (Å²) in [7, 11) is 0. The van der Waals surface area contributed by atoms with Gasteiger partial charge in [0.1, 0.15) is 6.61 Å². The summed E-state index contributed by atoms with van der Waals surface area (Å²) >= 11 is 5.84. The minimum Gasteiger partial charge on any atom is -0.458 e. The Labute approximate surface area is 131 Å². The summed E-state index contributed by atoms with van der Waals surface area (Å²) < 4.78 is 5.03. The van der Waals surface area contributed by atoms with Crippen LogP contribution in [0.4, 0.5) is 5.69 Å². The number of nitrogens with zero attached hydrogens (tertiary/aromatic N) is 1. The summed E-state index contributed by atoms with van der Waals surface area (Å²) in [6, 6.07) is 13.0. The van der Waals surface area contributed by atoms with E-state index in [2.05, 4.69) is 0 Å². The predicted octanol–water partition coefficient (Wildman–Crippen LogP) is 4.00. The molecule has 0 radical (unpaired) electrons. The van der Waals surface area contributed by atoms with Gasteiger partial charge in [0.05, 0.1) is 4.92 Å². The van der Waals surface area contributed by atoms with Gasteiger partial charge in [-0.25, -0.2) is 4.79 Å². The number of benzene rings is 2. The monoisotopic (exact) mass is 317 g/mol. The molecule has 0 amide bonds. The van der Waals surface area contributed by atoms with Crippen LogP contribution in [0.25, 0.3) is 6.08 Å². The highest BCUT2D eigenvalue weighted by atomic mass is 35.5. The van der Waals surface area contributed by atoms with Crippen LogP contribution in [-0.4, -0.2) is 10.9 Å². The number of halogens is 1. The van der Waals surface area contributed by atoms with Gasteiger partial charge in [-0.3, -0.25) is 10.1 Å². The number of rotatable bonds is 5. The average molecular weight is 318 g/mol. The summed E-state index contributed by atoms with van der Waals surface area (Å²) in [5, 5.41) is 11.2. The zero-order valence-corrected chi connectivity index (χ0v) is 12.2. The van der Waals surface area contributed by atoms with Crippen LogP contribution in [0.15, 0.2) is 54.6 Å². The minimum absolute atomic E-state index is 0.0274. The number of non-ortho nitro benzene ring substituents is 1. The lowest BCUT2D eigenvalue weighted by Gasteiger charge is -2.02. The third-order valence-corrected chi connectivity index (χ3v) is 3.00. The number of carbonyl (C=O) groups excluding carboxylic acids is 1. The Bertz CT molecular complexity index is 728. The predicted molar refractivity (Wildman–Crippen MR) is 83.4 cm³/mol. The van der Waals surface area contributed by atoms with Crippen LogP contribution >= 0.6 is 11.6 Å². The van der Waals surface area contributed by atoms with Crippen molar-refractivity contribution in [3.05, 3.63) is 80.9 Å². The van der Waals surface area contributed by atoms with E-state index in [4.69, 9.17) is 16.3 Å². The van der Waals surface area contributed by atoms with Gasteiger partial charge in [0, 0.05) is 23.2 Å². The lowest BCUT2D eigenvalue weighted by molar-refractivity contribution is -0.384. The fourth-order valence-electron chi connectivity index (χ4n) is 1.74. The summed E-state index contributed by atoms with van der Waals surface area (Å²) in [6.45, 7) is -0.0274. The molecular weight excluding hydrogens is 306 g/mol. The summed E-state index contributed by atoms with van der Waals surface area (Å²) in [6.07, 6.45) is 2.87. The summed E-state index contributed by atoms with van der Waals surface area (Å²) in [5.41, 5.74) is 1.29. The normalized spacial score (nSPS) is 10.6. The number of ether oxygens (including phenoxy) is 1. The first kappa shape index (κ1) is 15.7. The molecule has 0 aliphatic heterocycles. The van der Waals surface area contributed by atoms with E-state index in [9.17, 15) is 14.9 Å². The lowest BCUT2D eigenvalue weighted by atomic mass is 10.2. The number of hydrogen-bond acceptors (Lipinski definition) is 4. The average Bonchev–Trinajstić information content (AvgIpc) is 2.51. The van der Waals surface area contributed by atoms with Gasteiger partial charge in [0.15, 0.2) is 0 Å². The molecule has 112 valence electrons. The Balaban J connectivity index is 1.93. The van der Waals surface area contributed by atoms with Gasteiger partial charge in [-0.15, -0.1) is 0 Å². The minimum atomic E-state index is -0.536. The van der Waals surface area contributed by atoms with Crippen LogP contribution in [0.3, 0.4) is 0 Å². The molecule has 0 N–H and O–H groups in total. The molecule has 0 spiro atoms. The van der Waals surface area contributed by atoms with Gasteiger partial charge < -0.3 is 4.74 Å². The van der Waals surface area contributed by atoms with Crippen LogP contribution in [-0.2, 0) is 16.1 Å². The van der Waals surface area contributed by atoms with E-state index >= 15 is 0 Å². The van der Waals surface area contributed by atoms with E-state index in [1.54, 1.807) is 42.5 Å². The first-order valence-corrected chi connectivity index (χ1v) is 6.76. The second-order valence-corrected chi connectivity index (χ2v) is 4.86. The van der Waals surface area contributed by atoms with E-state index in [0.29, 0.717) is 10.6 Å². The Kier molecular flexibility index (Phi) is 5.27. The number of esters is 1. The van der Waals surface area contributed by atoms with Crippen molar-refractivity contribution in [2.24, 2.45) is 0 Å². The van der Waals surface area contributed by atoms with Crippen molar-refractivity contribution in [2.45, 2.75) is 6.61 Å². The second-order valence-electron chi connectivity index (χ2n) is 4.42. The highest BCUT2D eigenvalue weighted by molar-refractivity contribution is 6.30. The highest BCUT2D eigenvalue weighted by Crippen LogP contribution is 2.14. The molecule has 0 fully saturated rings. The number of hydrogen-bond donors (Lipinski definition) is 0. The quantitative estimate of drug-likeness (QED) is 0.361. The molecular formula is C16H12ClNO4. The van der Waals surface area contributed by atoms with E-state index in [0.717, 1.165) is 5.56 Å². The zero-order chi connectivity index (χ0) is 15.9. The van der Waals surface area contributed by atoms with E-state index in [1.165, 1.54) is 18.2 Å². The molecule has 0 bridgehead atoms. The van der Waals surface area contributed by atoms with Crippen molar-refractivity contribution in [2.75, 3.05) is 0 Å². The fourth-order valence-corrected chi connectivity index (χ4v) is 1.94. The molecule has 0 atom stereocenters. The first-order valence-electron chi connectivity index (χ1n) is 6.38. The van der Waals surface area contributed by atoms with Gasteiger partial charge in [-0.1, -0.05) is 35.9 Å². The van der Waals surface area contributed by atoms with Crippen molar-refractivity contribution in [3.8, 4) is 0 Å². The summed E-state index contributed by atoms with van der Waals surface area (Å²) in [5.74, 6) is -0.536. The molecule has 6 heteroatoms. The SMILES string of the molecule is O=C(/C=C/c1cccc(Cl)c1)OCc1cccc([N+](=O)[O-])c1. The maximum absolute atomic E-state index is 11.6. The Hall–Kier alpha value is -2.66. The topological polar surface area (TPSA) is 69.4 Å². The molecule has 0 unspecified atom stereocenters. The van der Waals surface area contributed by atoms with Crippen LogP contribution in [0.5, 0.6) is 0 Å². The van der Waals surface area contributed by atoms with Crippen molar-refractivity contribution in [1.82, 2.24) is 0 Å². The number of nitro groups is 1.